The van der Waals surface area contributed by atoms with E-state index in [9.17, 15) is 14.7 Å². The molecule has 0 bridgehead atoms. The van der Waals surface area contributed by atoms with E-state index in [2.05, 4.69) is 17.4 Å². The number of hydrogen-bond donors (Lipinski definition) is 2. The summed E-state index contributed by atoms with van der Waals surface area (Å²) in [4.78, 5) is 24.5. The number of nitrogens with one attached hydrogen (secondary N) is 1. The Labute approximate surface area is 188 Å². The lowest BCUT2D eigenvalue weighted by molar-refractivity contribution is 0.0699. The Morgan fingerprint density at radius 1 is 1.00 bits per heavy atom. The van der Waals surface area contributed by atoms with Gasteiger partial charge in [0.15, 0.2) is 0 Å². The van der Waals surface area contributed by atoms with Gasteiger partial charge in [0, 0.05) is 16.9 Å². The molecule has 6 nitrogen and oxygen atoms in total. The number of anilines is 1. The number of carboxylic acid groups (broad SMARTS) is 1. The number of carboxylic acids is 1. The maximum absolute atomic E-state index is 12.6. The minimum atomic E-state index is -1.15. The number of amides is 1. The van der Waals surface area contributed by atoms with E-state index in [0.29, 0.717) is 17.1 Å². The van der Waals surface area contributed by atoms with Crippen LogP contribution in [0.25, 0.3) is 22.5 Å². The third kappa shape index (κ3) is 3.46. The van der Waals surface area contributed by atoms with Gasteiger partial charge in [0.1, 0.15) is 28.7 Å². The predicted octanol–water partition coefficient (Wildman–Crippen LogP) is 6.38. The Balaban J connectivity index is 1.34. The monoisotopic (exact) mass is 445 g/mol. The van der Waals surface area contributed by atoms with Crippen LogP contribution in [0.5, 0.6) is 0 Å². The summed E-state index contributed by atoms with van der Waals surface area (Å²) in [5, 5.41) is 14.2. The smallest absolute Gasteiger partial charge is 0.412 e. The Bertz CT molecular complexity index is 1290. The predicted molar refractivity (Wildman–Crippen MR) is 122 cm³/mol. The van der Waals surface area contributed by atoms with Crippen LogP contribution in [0.2, 0.25) is 0 Å². The van der Waals surface area contributed by atoms with Crippen molar-refractivity contribution in [2.24, 2.45) is 0 Å². The van der Waals surface area contributed by atoms with Crippen molar-refractivity contribution in [2.45, 2.75) is 12.8 Å². The normalized spacial score (nSPS) is 12.3. The maximum Gasteiger partial charge on any atom is 0.412 e. The number of furan rings is 1. The van der Waals surface area contributed by atoms with Gasteiger partial charge in [-0.3, -0.25) is 5.32 Å². The molecule has 32 heavy (non-hydrogen) atoms. The molecule has 0 saturated carbocycles. The summed E-state index contributed by atoms with van der Waals surface area (Å²) in [5.74, 6) is -0.105. The molecule has 0 spiro atoms. The van der Waals surface area contributed by atoms with Crippen molar-refractivity contribution >= 4 is 28.4 Å². The molecule has 0 unspecified atom stereocenters. The number of thiophene rings is 1. The molecule has 0 saturated heterocycles. The van der Waals surface area contributed by atoms with Gasteiger partial charge in [0.05, 0.1) is 0 Å². The zero-order chi connectivity index (χ0) is 22.2. The highest BCUT2D eigenvalue weighted by atomic mass is 32.1. The molecule has 1 aliphatic carbocycles. The van der Waals surface area contributed by atoms with E-state index in [1.54, 1.807) is 24.4 Å². The first-order valence-electron chi connectivity index (χ1n) is 10.1. The van der Waals surface area contributed by atoms with Crippen molar-refractivity contribution in [3.63, 3.8) is 0 Å². The summed E-state index contributed by atoms with van der Waals surface area (Å²) in [5.41, 5.74) is 4.91. The van der Waals surface area contributed by atoms with Crippen molar-refractivity contribution < 1.29 is 23.8 Å². The van der Waals surface area contributed by atoms with Crippen LogP contribution < -0.4 is 5.32 Å². The largest absolute Gasteiger partial charge is 0.478 e. The number of carbonyl (C=O) groups is 2. The minimum absolute atomic E-state index is 0.0159. The van der Waals surface area contributed by atoms with Crippen molar-refractivity contribution in [1.29, 1.82) is 0 Å². The van der Waals surface area contributed by atoms with Crippen molar-refractivity contribution in [3.8, 4) is 22.5 Å². The van der Waals surface area contributed by atoms with Gasteiger partial charge in [-0.25, -0.2) is 9.59 Å². The number of aromatic carboxylic acids is 1. The van der Waals surface area contributed by atoms with Crippen LogP contribution in [0.1, 0.15) is 33.2 Å². The molecule has 2 N–H and O–H groups in total. The SMILES string of the molecule is Cc1ccc(-c2csc(NC(=O)OCC3c4ccccc4-c4ccccc43)c2C(=O)O)o1. The van der Waals surface area contributed by atoms with E-state index >= 15 is 0 Å². The Morgan fingerprint density at radius 2 is 1.66 bits per heavy atom. The molecular formula is C25H19NO5S. The van der Waals surface area contributed by atoms with Crippen LogP contribution in [0.4, 0.5) is 9.80 Å². The number of ether oxygens (including phenoxy) is 1. The number of carbonyl (C=O) groups excluding carboxylic acids is 1. The van der Waals surface area contributed by atoms with Gasteiger partial charge >= 0.3 is 12.1 Å². The van der Waals surface area contributed by atoms with Gasteiger partial charge in [0.2, 0.25) is 0 Å². The van der Waals surface area contributed by atoms with Crippen molar-refractivity contribution in [3.05, 3.63) is 88.5 Å². The molecule has 7 heteroatoms. The van der Waals surface area contributed by atoms with Gasteiger partial charge in [0.25, 0.3) is 0 Å². The average Bonchev–Trinajstić information content (AvgIpc) is 3.48. The second-order valence-electron chi connectivity index (χ2n) is 7.52. The first-order valence-corrected chi connectivity index (χ1v) is 10.9. The lowest BCUT2D eigenvalue weighted by Crippen LogP contribution is -2.18. The fraction of sp³-hybridized carbons (Fsp3) is 0.120. The van der Waals surface area contributed by atoms with Crippen LogP contribution in [0, 0.1) is 6.92 Å². The van der Waals surface area contributed by atoms with Gasteiger partial charge < -0.3 is 14.3 Å². The summed E-state index contributed by atoms with van der Waals surface area (Å²) in [6.07, 6.45) is -0.696. The van der Waals surface area contributed by atoms with Crippen LogP contribution in [-0.2, 0) is 4.74 Å². The van der Waals surface area contributed by atoms with Crippen LogP contribution in [0.15, 0.2) is 70.5 Å². The quantitative estimate of drug-likeness (QED) is 0.372. The summed E-state index contributed by atoms with van der Waals surface area (Å²) >= 11 is 1.12. The molecule has 1 aliphatic rings. The fourth-order valence-electron chi connectivity index (χ4n) is 4.15. The van der Waals surface area contributed by atoms with Gasteiger partial charge in [-0.1, -0.05) is 48.5 Å². The molecule has 2 heterocycles. The number of benzene rings is 2. The summed E-state index contributed by atoms with van der Waals surface area (Å²) in [6, 6.07) is 19.6. The lowest BCUT2D eigenvalue weighted by Gasteiger charge is -2.14. The number of fused-ring (bicyclic) bond motifs is 3. The van der Waals surface area contributed by atoms with Crippen molar-refractivity contribution in [2.75, 3.05) is 11.9 Å². The zero-order valence-electron chi connectivity index (χ0n) is 17.1. The zero-order valence-corrected chi connectivity index (χ0v) is 17.9. The van der Waals surface area contributed by atoms with E-state index in [1.165, 1.54) is 0 Å². The molecule has 160 valence electrons. The third-order valence-electron chi connectivity index (χ3n) is 5.57. The molecule has 4 aromatic rings. The lowest BCUT2D eigenvalue weighted by atomic mass is 9.98. The molecule has 1 amide bonds. The Kier molecular flexibility index (Phi) is 5.03. The second kappa shape index (κ2) is 8.01. The highest BCUT2D eigenvalue weighted by Crippen LogP contribution is 2.44. The number of aryl methyl sites for hydroxylation is 1. The molecule has 2 aromatic heterocycles. The molecule has 5 rings (SSSR count). The molecule has 0 atom stereocenters. The number of hydrogen-bond acceptors (Lipinski definition) is 5. The molecule has 0 aliphatic heterocycles. The summed E-state index contributed by atoms with van der Waals surface area (Å²) < 4.78 is 11.1. The highest BCUT2D eigenvalue weighted by molar-refractivity contribution is 7.15. The Hall–Kier alpha value is -3.84. The van der Waals surface area contributed by atoms with Crippen LogP contribution in [-0.4, -0.2) is 23.8 Å². The van der Waals surface area contributed by atoms with Crippen LogP contribution in [0.3, 0.4) is 0 Å². The first kappa shape index (κ1) is 20.1. The van der Waals surface area contributed by atoms with E-state index < -0.39 is 12.1 Å². The minimum Gasteiger partial charge on any atom is -0.478 e. The molecule has 2 aromatic carbocycles. The summed E-state index contributed by atoms with van der Waals surface area (Å²) in [6.45, 7) is 1.93. The topological polar surface area (TPSA) is 88.8 Å². The molecule has 0 fully saturated rings. The van der Waals surface area contributed by atoms with Gasteiger partial charge in [-0.2, -0.15) is 0 Å². The van der Waals surface area contributed by atoms with Gasteiger partial charge in [-0.15, -0.1) is 11.3 Å². The Morgan fingerprint density at radius 3 is 2.25 bits per heavy atom. The van der Waals surface area contributed by atoms with Crippen LogP contribution >= 0.6 is 11.3 Å². The highest BCUT2D eigenvalue weighted by Gasteiger charge is 2.29. The van der Waals surface area contributed by atoms with E-state index in [-0.39, 0.29) is 23.1 Å². The van der Waals surface area contributed by atoms with E-state index in [1.807, 2.05) is 36.4 Å². The second-order valence-corrected chi connectivity index (χ2v) is 8.40. The van der Waals surface area contributed by atoms with E-state index in [4.69, 9.17) is 9.15 Å². The fourth-order valence-corrected chi connectivity index (χ4v) is 5.08. The molecule has 0 radical (unpaired) electrons. The standard InChI is InChI=1S/C25H19NO5S/c1-14-10-11-21(31-14)20-13-32-23(22(20)24(27)28)26-25(29)30-12-19-17-8-4-2-6-15(17)16-7-3-5-9-18(16)19/h2-11,13,19H,12H2,1H3,(H,26,29)(H,27,28). The average molecular weight is 445 g/mol. The maximum atomic E-state index is 12.6. The number of rotatable bonds is 5. The van der Waals surface area contributed by atoms with E-state index in [0.717, 1.165) is 33.6 Å². The molecular weight excluding hydrogens is 426 g/mol. The van der Waals surface area contributed by atoms with Crippen molar-refractivity contribution in [1.82, 2.24) is 0 Å². The van der Waals surface area contributed by atoms with Gasteiger partial charge in [-0.05, 0) is 41.3 Å². The summed E-state index contributed by atoms with van der Waals surface area (Å²) in [7, 11) is 0. The first-order chi connectivity index (χ1) is 15.5. The third-order valence-corrected chi connectivity index (χ3v) is 6.47.